The van der Waals surface area contributed by atoms with Gasteiger partial charge in [-0.1, -0.05) is 0 Å². The van der Waals surface area contributed by atoms with Crippen LogP contribution in [0.25, 0.3) is 11.0 Å². The molecular formula is C16H12N4O3. The first-order chi connectivity index (χ1) is 11.2. The summed E-state index contributed by atoms with van der Waals surface area (Å²) >= 11 is 0. The van der Waals surface area contributed by atoms with Crippen LogP contribution in [0.4, 0.5) is 5.69 Å². The average Bonchev–Trinajstić information content (AvgIpc) is 2.94. The number of carbonyl (C=O) groups excluding carboxylic acids is 1. The molecule has 1 amide bonds. The molecule has 1 aromatic carbocycles. The zero-order valence-corrected chi connectivity index (χ0v) is 12.2. The number of benzene rings is 1. The molecule has 0 spiro atoms. The number of carbonyl (C=O) groups is 1. The predicted molar refractivity (Wildman–Crippen MR) is 82.7 cm³/mol. The quantitative estimate of drug-likeness (QED) is 0.799. The van der Waals surface area contributed by atoms with Crippen molar-refractivity contribution in [3.8, 4) is 17.5 Å². The first kappa shape index (κ1) is 13.4. The van der Waals surface area contributed by atoms with Crippen LogP contribution in [0, 0.1) is 0 Å². The maximum absolute atomic E-state index is 11.4. The van der Waals surface area contributed by atoms with E-state index in [0.717, 1.165) is 11.3 Å². The fraction of sp³-hybridized carbons (Fsp3) is 0.125. The van der Waals surface area contributed by atoms with Gasteiger partial charge in [-0.2, -0.15) is 4.98 Å². The van der Waals surface area contributed by atoms with Crippen molar-refractivity contribution in [1.29, 1.82) is 0 Å². The minimum atomic E-state index is -0.0130. The normalized spacial score (nSPS) is 12.8. The van der Waals surface area contributed by atoms with Crippen LogP contribution in [0.5, 0.6) is 17.5 Å². The molecule has 0 unspecified atom stereocenters. The molecule has 0 radical (unpaired) electrons. The van der Waals surface area contributed by atoms with Gasteiger partial charge in [0, 0.05) is 11.8 Å². The molecule has 0 bridgehead atoms. The van der Waals surface area contributed by atoms with E-state index in [1.54, 1.807) is 25.3 Å². The van der Waals surface area contributed by atoms with Crippen LogP contribution < -0.4 is 14.8 Å². The number of amides is 1. The molecule has 3 aromatic rings. The summed E-state index contributed by atoms with van der Waals surface area (Å²) in [5.74, 6) is 1.48. The van der Waals surface area contributed by atoms with Crippen LogP contribution in [0.2, 0.25) is 0 Å². The summed E-state index contributed by atoms with van der Waals surface area (Å²) in [6.45, 7) is 0. The van der Waals surface area contributed by atoms with E-state index in [0.29, 0.717) is 35.0 Å². The molecule has 0 atom stereocenters. The fourth-order valence-corrected chi connectivity index (χ4v) is 2.48. The lowest BCUT2D eigenvalue weighted by Gasteiger charge is -2.08. The number of nitrogens with zero attached hydrogens (tertiary/aromatic N) is 3. The Morgan fingerprint density at radius 3 is 2.96 bits per heavy atom. The number of nitrogens with one attached hydrogen (secondary N) is 1. The molecule has 1 N–H and O–H groups in total. The lowest BCUT2D eigenvalue weighted by atomic mass is 10.1. The van der Waals surface area contributed by atoms with Gasteiger partial charge in [-0.15, -0.1) is 0 Å². The van der Waals surface area contributed by atoms with Gasteiger partial charge in [0.25, 0.3) is 0 Å². The molecule has 114 valence electrons. The predicted octanol–water partition coefficient (Wildman–Crippen LogP) is 2.32. The minimum absolute atomic E-state index is 0.0130. The van der Waals surface area contributed by atoms with E-state index >= 15 is 0 Å². The highest BCUT2D eigenvalue weighted by molar-refractivity contribution is 5.99. The van der Waals surface area contributed by atoms with Crippen molar-refractivity contribution in [2.45, 2.75) is 6.42 Å². The van der Waals surface area contributed by atoms with Crippen LogP contribution in [0.1, 0.15) is 5.56 Å². The van der Waals surface area contributed by atoms with Crippen LogP contribution in [0.3, 0.4) is 0 Å². The molecule has 3 heterocycles. The summed E-state index contributed by atoms with van der Waals surface area (Å²) in [6, 6.07) is 8.96. The van der Waals surface area contributed by atoms with E-state index in [2.05, 4.69) is 20.3 Å². The van der Waals surface area contributed by atoms with Crippen molar-refractivity contribution in [3.05, 3.63) is 42.2 Å². The molecule has 0 saturated heterocycles. The summed E-state index contributed by atoms with van der Waals surface area (Å²) in [6.07, 6.45) is 1.75. The lowest BCUT2D eigenvalue weighted by molar-refractivity contribution is -0.115. The second-order valence-electron chi connectivity index (χ2n) is 5.05. The molecular weight excluding hydrogens is 296 g/mol. The van der Waals surface area contributed by atoms with Crippen molar-refractivity contribution in [1.82, 2.24) is 15.0 Å². The van der Waals surface area contributed by atoms with Crippen molar-refractivity contribution in [2.75, 3.05) is 12.4 Å². The van der Waals surface area contributed by atoms with E-state index in [4.69, 9.17) is 9.47 Å². The smallest absolute Gasteiger partial charge is 0.231 e. The van der Waals surface area contributed by atoms with Crippen molar-refractivity contribution >= 4 is 22.6 Å². The molecule has 2 aromatic heterocycles. The van der Waals surface area contributed by atoms with Crippen molar-refractivity contribution in [2.24, 2.45) is 0 Å². The van der Waals surface area contributed by atoms with Gasteiger partial charge in [0.15, 0.2) is 5.65 Å². The molecule has 7 heteroatoms. The first-order valence-electron chi connectivity index (χ1n) is 6.99. The highest BCUT2D eigenvalue weighted by atomic mass is 16.5. The summed E-state index contributed by atoms with van der Waals surface area (Å²) in [5.41, 5.74) is 2.22. The summed E-state index contributed by atoms with van der Waals surface area (Å²) in [7, 11) is 1.55. The molecule has 0 saturated carbocycles. The van der Waals surface area contributed by atoms with Gasteiger partial charge < -0.3 is 14.8 Å². The third kappa shape index (κ3) is 2.42. The lowest BCUT2D eigenvalue weighted by Crippen LogP contribution is -2.03. The van der Waals surface area contributed by atoms with Gasteiger partial charge in [-0.3, -0.25) is 4.79 Å². The Morgan fingerprint density at radius 1 is 1.17 bits per heavy atom. The Morgan fingerprint density at radius 2 is 2.09 bits per heavy atom. The number of anilines is 1. The number of ether oxygens (including phenoxy) is 2. The maximum Gasteiger partial charge on any atom is 0.231 e. The second-order valence-corrected chi connectivity index (χ2v) is 5.05. The summed E-state index contributed by atoms with van der Waals surface area (Å²) in [4.78, 5) is 24.0. The molecule has 7 nitrogen and oxygen atoms in total. The van der Waals surface area contributed by atoms with Crippen molar-refractivity contribution < 1.29 is 14.3 Å². The van der Waals surface area contributed by atoms with Crippen LogP contribution >= 0.6 is 0 Å². The highest BCUT2D eigenvalue weighted by Gasteiger charge is 2.18. The largest absolute Gasteiger partial charge is 0.481 e. The van der Waals surface area contributed by atoms with Gasteiger partial charge in [-0.05, 0) is 29.8 Å². The Bertz CT molecular complexity index is 926. The molecule has 0 aliphatic carbocycles. The van der Waals surface area contributed by atoms with Crippen LogP contribution in [-0.2, 0) is 11.2 Å². The van der Waals surface area contributed by atoms with E-state index in [-0.39, 0.29) is 5.91 Å². The third-order valence-electron chi connectivity index (χ3n) is 3.56. The van der Waals surface area contributed by atoms with Gasteiger partial charge in [0.1, 0.15) is 12.1 Å². The summed E-state index contributed by atoms with van der Waals surface area (Å²) in [5, 5.41) is 3.47. The van der Waals surface area contributed by atoms with E-state index < -0.39 is 0 Å². The van der Waals surface area contributed by atoms with Gasteiger partial charge in [-0.25, -0.2) is 9.97 Å². The number of pyridine rings is 1. The number of methoxy groups -OCH3 is 1. The monoisotopic (exact) mass is 308 g/mol. The maximum atomic E-state index is 11.4. The first-order valence-corrected chi connectivity index (χ1v) is 6.99. The number of fused-ring (bicyclic) bond motifs is 2. The number of aromatic nitrogens is 3. The van der Waals surface area contributed by atoms with Gasteiger partial charge in [0.2, 0.25) is 17.7 Å². The van der Waals surface area contributed by atoms with Crippen molar-refractivity contribution in [3.63, 3.8) is 0 Å². The molecule has 4 rings (SSSR count). The molecule has 0 fully saturated rings. The third-order valence-corrected chi connectivity index (χ3v) is 3.56. The van der Waals surface area contributed by atoms with Crippen LogP contribution in [-0.4, -0.2) is 28.0 Å². The standard InChI is InChI=1S/C16H12N4O3/c1-22-14-5-3-11-15(20-14)17-8-18-16(11)23-10-2-4-12-9(6-10)7-13(21)19-12/h2-6,8H,7H2,1H3,(H,19,21). The SMILES string of the molecule is COc1ccc2c(Oc3ccc4c(c3)CC(=O)N4)ncnc2n1. The molecule has 1 aliphatic heterocycles. The summed E-state index contributed by atoms with van der Waals surface area (Å²) < 4.78 is 10.9. The zero-order valence-electron chi connectivity index (χ0n) is 12.2. The fourth-order valence-electron chi connectivity index (χ4n) is 2.48. The number of rotatable bonds is 3. The molecule has 1 aliphatic rings. The van der Waals surface area contributed by atoms with E-state index in [9.17, 15) is 4.79 Å². The zero-order chi connectivity index (χ0) is 15.8. The van der Waals surface area contributed by atoms with Crippen LogP contribution in [0.15, 0.2) is 36.7 Å². The van der Waals surface area contributed by atoms with E-state index in [1.807, 2.05) is 12.1 Å². The number of hydrogen-bond donors (Lipinski definition) is 1. The minimum Gasteiger partial charge on any atom is -0.481 e. The second kappa shape index (κ2) is 5.20. The Hall–Kier alpha value is -3.22. The topological polar surface area (TPSA) is 86.2 Å². The Kier molecular flexibility index (Phi) is 3.04. The molecule has 23 heavy (non-hydrogen) atoms. The number of hydrogen-bond acceptors (Lipinski definition) is 6. The van der Waals surface area contributed by atoms with Gasteiger partial charge in [0.05, 0.1) is 18.9 Å². The highest BCUT2D eigenvalue weighted by Crippen LogP contribution is 2.31. The van der Waals surface area contributed by atoms with Gasteiger partial charge >= 0.3 is 0 Å². The van der Waals surface area contributed by atoms with E-state index in [1.165, 1.54) is 6.33 Å². The average molecular weight is 308 g/mol. The Labute approximate surface area is 131 Å². The Balaban J connectivity index is 1.71.